The minimum Gasteiger partial charge on any atom is -0.497 e. The number of carbonyl (C=O) groups is 1. The highest BCUT2D eigenvalue weighted by molar-refractivity contribution is 7.99. The number of hydrogen-bond donors (Lipinski definition) is 0. The first-order chi connectivity index (χ1) is 13.1. The third kappa shape index (κ3) is 4.43. The van der Waals surface area contributed by atoms with Crippen molar-refractivity contribution in [1.82, 2.24) is 14.8 Å². The number of methoxy groups -OCH3 is 1. The van der Waals surface area contributed by atoms with E-state index in [1.54, 1.807) is 13.2 Å². The molecule has 0 spiro atoms. The summed E-state index contributed by atoms with van der Waals surface area (Å²) in [6.45, 7) is 4.29. The van der Waals surface area contributed by atoms with E-state index in [-0.39, 0.29) is 17.4 Å². The van der Waals surface area contributed by atoms with E-state index in [0.29, 0.717) is 23.1 Å². The number of allylic oxidation sites excluding steroid dienone is 1. The van der Waals surface area contributed by atoms with E-state index in [9.17, 15) is 9.18 Å². The lowest BCUT2D eigenvalue weighted by molar-refractivity contribution is 0.102. The molecule has 138 valence electrons. The molecule has 3 aromatic rings. The van der Waals surface area contributed by atoms with Crippen molar-refractivity contribution < 1.29 is 13.9 Å². The summed E-state index contributed by atoms with van der Waals surface area (Å²) in [5.74, 6) is 1.11. The zero-order chi connectivity index (χ0) is 19.2. The Kier molecular flexibility index (Phi) is 6.03. The van der Waals surface area contributed by atoms with Crippen LogP contribution in [0.25, 0.3) is 11.4 Å². The first kappa shape index (κ1) is 18.8. The summed E-state index contributed by atoms with van der Waals surface area (Å²) in [7, 11) is 1.61. The summed E-state index contributed by atoms with van der Waals surface area (Å²) >= 11 is 1.29. The van der Waals surface area contributed by atoms with Crippen molar-refractivity contribution >= 4 is 17.5 Å². The van der Waals surface area contributed by atoms with Crippen molar-refractivity contribution in [2.75, 3.05) is 12.9 Å². The van der Waals surface area contributed by atoms with E-state index in [0.717, 1.165) is 11.3 Å². The number of ether oxygens (including phenoxy) is 1. The fourth-order valence-corrected chi connectivity index (χ4v) is 3.36. The van der Waals surface area contributed by atoms with Gasteiger partial charge in [-0.25, -0.2) is 4.39 Å². The van der Waals surface area contributed by atoms with Crippen molar-refractivity contribution in [3.05, 3.63) is 72.6 Å². The van der Waals surface area contributed by atoms with Crippen molar-refractivity contribution in [2.45, 2.75) is 11.7 Å². The molecule has 0 amide bonds. The van der Waals surface area contributed by atoms with Crippen molar-refractivity contribution in [3.8, 4) is 17.1 Å². The zero-order valence-electron chi connectivity index (χ0n) is 14.8. The Morgan fingerprint density at radius 1 is 1.26 bits per heavy atom. The van der Waals surface area contributed by atoms with E-state index in [2.05, 4.69) is 16.8 Å². The largest absolute Gasteiger partial charge is 0.497 e. The van der Waals surface area contributed by atoms with Gasteiger partial charge in [-0.2, -0.15) is 0 Å². The maximum atomic E-state index is 13.0. The highest BCUT2D eigenvalue weighted by Gasteiger charge is 2.16. The molecule has 27 heavy (non-hydrogen) atoms. The van der Waals surface area contributed by atoms with Crippen molar-refractivity contribution in [2.24, 2.45) is 0 Å². The SMILES string of the molecule is C=CCn1c(SCC(=O)c2ccc(F)cc2)nnc1-c1cccc(OC)c1. The van der Waals surface area contributed by atoms with Crippen LogP contribution in [-0.2, 0) is 6.54 Å². The van der Waals surface area contributed by atoms with Gasteiger partial charge in [0.05, 0.1) is 12.9 Å². The topological polar surface area (TPSA) is 57.0 Å². The monoisotopic (exact) mass is 383 g/mol. The summed E-state index contributed by atoms with van der Waals surface area (Å²) in [6.07, 6.45) is 1.75. The maximum Gasteiger partial charge on any atom is 0.192 e. The maximum absolute atomic E-state index is 13.0. The fraction of sp³-hybridized carbons (Fsp3) is 0.150. The molecule has 1 aromatic heterocycles. The minimum absolute atomic E-state index is 0.101. The van der Waals surface area contributed by atoms with Crippen LogP contribution in [0.4, 0.5) is 4.39 Å². The third-order valence-electron chi connectivity index (χ3n) is 3.86. The predicted molar refractivity (Wildman–Crippen MR) is 104 cm³/mol. The standard InChI is InChI=1S/C20H18FN3O2S/c1-3-11-24-19(15-5-4-6-17(12-15)26-2)22-23-20(24)27-13-18(25)14-7-9-16(21)10-8-14/h3-10,12H,1,11,13H2,2H3. The molecule has 3 rings (SSSR count). The van der Waals surface area contributed by atoms with Crippen LogP contribution in [0.1, 0.15) is 10.4 Å². The van der Waals surface area contributed by atoms with Gasteiger partial charge in [0.15, 0.2) is 16.8 Å². The highest BCUT2D eigenvalue weighted by Crippen LogP contribution is 2.27. The number of aromatic nitrogens is 3. The quantitative estimate of drug-likeness (QED) is 0.331. The average Bonchev–Trinajstić information content (AvgIpc) is 3.09. The third-order valence-corrected chi connectivity index (χ3v) is 4.82. The Hall–Kier alpha value is -2.93. The smallest absolute Gasteiger partial charge is 0.192 e. The van der Waals surface area contributed by atoms with Gasteiger partial charge in [-0.1, -0.05) is 30.0 Å². The molecule has 0 unspecified atom stereocenters. The molecule has 1 heterocycles. The van der Waals surface area contributed by atoms with Gasteiger partial charge < -0.3 is 4.74 Å². The number of benzene rings is 2. The molecule has 0 aliphatic carbocycles. The second-order valence-electron chi connectivity index (χ2n) is 5.66. The molecule has 0 aliphatic heterocycles. The zero-order valence-corrected chi connectivity index (χ0v) is 15.6. The van der Waals surface area contributed by atoms with E-state index in [1.807, 2.05) is 28.8 Å². The Labute approximate surface area is 160 Å². The second kappa shape index (κ2) is 8.64. The Morgan fingerprint density at radius 3 is 2.74 bits per heavy atom. The van der Waals surface area contributed by atoms with E-state index < -0.39 is 0 Å². The summed E-state index contributed by atoms with van der Waals surface area (Å²) < 4.78 is 20.2. The van der Waals surface area contributed by atoms with Gasteiger partial charge in [0, 0.05) is 17.7 Å². The molecule has 0 N–H and O–H groups in total. The summed E-state index contributed by atoms with van der Waals surface area (Å²) in [6, 6.07) is 13.0. The first-order valence-electron chi connectivity index (χ1n) is 8.22. The van der Waals surface area contributed by atoms with Gasteiger partial charge in [0.2, 0.25) is 0 Å². The highest BCUT2D eigenvalue weighted by atomic mass is 32.2. The molecule has 0 aliphatic rings. The Morgan fingerprint density at radius 2 is 2.04 bits per heavy atom. The molecule has 5 nitrogen and oxygen atoms in total. The van der Waals surface area contributed by atoms with Crippen LogP contribution < -0.4 is 4.74 Å². The number of thioether (sulfide) groups is 1. The molecule has 7 heteroatoms. The molecule has 0 bridgehead atoms. The van der Waals surface area contributed by atoms with Crippen LogP contribution in [0.5, 0.6) is 5.75 Å². The van der Waals surface area contributed by atoms with Gasteiger partial charge in [0.1, 0.15) is 11.6 Å². The van der Waals surface area contributed by atoms with Crippen LogP contribution in [0.3, 0.4) is 0 Å². The van der Waals surface area contributed by atoms with Crippen LogP contribution in [0.2, 0.25) is 0 Å². The summed E-state index contributed by atoms with van der Waals surface area (Å²) in [5, 5.41) is 9.11. The lowest BCUT2D eigenvalue weighted by Gasteiger charge is -2.08. The second-order valence-corrected chi connectivity index (χ2v) is 6.60. The number of rotatable bonds is 8. The van der Waals surface area contributed by atoms with Gasteiger partial charge in [-0.15, -0.1) is 16.8 Å². The molecule has 0 fully saturated rings. The van der Waals surface area contributed by atoms with Crippen LogP contribution in [-0.4, -0.2) is 33.4 Å². The molecular formula is C20H18FN3O2S. The number of ketones is 1. The lowest BCUT2D eigenvalue weighted by atomic mass is 10.1. The number of halogens is 1. The van der Waals surface area contributed by atoms with Crippen LogP contribution >= 0.6 is 11.8 Å². The Balaban J connectivity index is 1.81. The first-order valence-corrected chi connectivity index (χ1v) is 9.21. The number of carbonyl (C=O) groups excluding carboxylic acids is 1. The number of nitrogens with zero attached hydrogens (tertiary/aromatic N) is 3. The van der Waals surface area contributed by atoms with Crippen LogP contribution in [0, 0.1) is 5.82 Å². The Bertz CT molecular complexity index is 954. The predicted octanol–water partition coefficient (Wildman–Crippen LogP) is 4.25. The van der Waals surface area contributed by atoms with Gasteiger partial charge >= 0.3 is 0 Å². The van der Waals surface area contributed by atoms with Gasteiger partial charge in [-0.3, -0.25) is 9.36 Å². The molecule has 0 saturated heterocycles. The molecule has 0 saturated carbocycles. The van der Waals surface area contributed by atoms with E-state index >= 15 is 0 Å². The molecule has 0 radical (unpaired) electrons. The molecule has 0 atom stereocenters. The summed E-state index contributed by atoms with van der Waals surface area (Å²) in [5.41, 5.74) is 1.33. The van der Waals surface area contributed by atoms with E-state index in [1.165, 1.54) is 36.0 Å². The summed E-state index contributed by atoms with van der Waals surface area (Å²) in [4.78, 5) is 12.3. The van der Waals surface area contributed by atoms with Crippen molar-refractivity contribution in [1.29, 1.82) is 0 Å². The van der Waals surface area contributed by atoms with Crippen LogP contribution in [0.15, 0.2) is 66.3 Å². The average molecular weight is 383 g/mol. The normalized spacial score (nSPS) is 10.6. The molecule has 2 aromatic carbocycles. The molecular weight excluding hydrogens is 365 g/mol. The van der Waals surface area contributed by atoms with Gasteiger partial charge in [0.25, 0.3) is 0 Å². The van der Waals surface area contributed by atoms with Crippen molar-refractivity contribution in [3.63, 3.8) is 0 Å². The van der Waals surface area contributed by atoms with E-state index in [4.69, 9.17) is 4.74 Å². The number of hydrogen-bond acceptors (Lipinski definition) is 5. The lowest BCUT2D eigenvalue weighted by Crippen LogP contribution is -2.05. The minimum atomic E-state index is -0.368. The van der Waals surface area contributed by atoms with Gasteiger partial charge in [-0.05, 0) is 36.4 Å². The fourth-order valence-electron chi connectivity index (χ4n) is 2.51. The number of Topliss-reactive ketones (excluding diaryl/α,β-unsaturated/α-hetero) is 1.